The molecule has 0 bridgehead atoms. The molecule has 148 valence electrons. The fourth-order valence-corrected chi connectivity index (χ4v) is 3.44. The lowest BCUT2D eigenvalue weighted by atomic mass is 9.97. The number of anilines is 2. The van der Waals surface area contributed by atoms with Gasteiger partial charge in [-0.2, -0.15) is 0 Å². The molecule has 2 aromatic carbocycles. The van der Waals surface area contributed by atoms with Crippen molar-refractivity contribution in [1.82, 2.24) is 9.97 Å². The van der Waals surface area contributed by atoms with Crippen LogP contribution in [0.2, 0.25) is 0 Å². The van der Waals surface area contributed by atoms with Gasteiger partial charge in [-0.05, 0) is 67.4 Å². The molecule has 1 fully saturated rings. The predicted octanol–water partition coefficient (Wildman–Crippen LogP) is 4.28. The average molecular weight is 394 g/mol. The first-order valence-corrected chi connectivity index (χ1v) is 9.49. The van der Waals surface area contributed by atoms with Crippen molar-refractivity contribution in [3.63, 3.8) is 0 Å². The molecule has 3 aromatic rings. The van der Waals surface area contributed by atoms with Gasteiger partial charge in [-0.1, -0.05) is 0 Å². The fraction of sp³-hybridized carbons (Fsp3) is 0.227. The molecule has 0 unspecified atom stereocenters. The topological polar surface area (TPSA) is 58.1 Å². The highest BCUT2D eigenvalue weighted by Gasteiger charge is 2.27. The number of aromatic nitrogens is 2. The largest absolute Gasteiger partial charge is 0.356 e. The van der Waals surface area contributed by atoms with Crippen molar-refractivity contribution in [1.29, 1.82) is 0 Å². The Kier molecular flexibility index (Phi) is 5.46. The number of piperidine rings is 1. The molecule has 0 saturated carbocycles. The van der Waals surface area contributed by atoms with Crippen LogP contribution in [0.15, 0.2) is 60.8 Å². The highest BCUT2D eigenvalue weighted by Crippen LogP contribution is 2.25. The van der Waals surface area contributed by atoms with Crippen LogP contribution in [0, 0.1) is 17.6 Å². The van der Waals surface area contributed by atoms with Crippen molar-refractivity contribution in [2.45, 2.75) is 12.8 Å². The highest BCUT2D eigenvalue weighted by molar-refractivity contribution is 5.93. The van der Waals surface area contributed by atoms with Crippen LogP contribution in [0.4, 0.5) is 20.3 Å². The third kappa shape index (κ3) is 4.56. The number of amides is 1. The molecule has 0 radical (unpaired) electrons. The number of hydrogen-bond donors (Lipinski definition) is 1. The quantitative estimate of drug-likeness (QED) is 0.718. The van der Waals surface area contributed by atoms with Gasteiger partial charge in [0, 0.05) is 30.5 Å². The molecule has 1 saturated heterocycles. The van der Waals surface area contributed by atoms with Crippen LogP contribution in [0.25, 0.3) is 11.4 Å². The van der Waals surface area contributed by atoms with Crippen molar-refractivity contribution >= 4 is 17.4 Å². The number of rotatable bonds is 4. The maximum Gasteiger partial charge on any atom is 0.229 e. The Labute approximate surface area is 167 Å². The number of halogens is 2. The number of carbonyl (C=O) groups is 1. The van der Waals surface area contributed by atoms with Gasteiger partial charge in [-0.25, -0.2) is 18.7 Å². The van der Waals surface area contributed by atoms with Crippen LogP contribution < -0.4 is 10.2 Å². The van der Waals surface area contributed by atoms with Gasteiger partial charge >= 0.3 is 0 Å². The minimum Gasteiger partial charge on any atom is -0.356 e. The molecular weight excluding hydrogens is 374 g/mol. The van der Waals surface area contributed by atoms with E-state index in [4.69, 9.17) is 0 Å². The maximum atomic E-state index is 13.2. The van der Waals surface area contributed by atoms with Gasteiger partial charge in [0.05, 0.1) is 5.92 Å². The van der Waals surface area contributed by atoms with Gasteiger partial charge in [-0.15, -0.1) is 0 Å². The van der Waals surface area contributed by atoms with Crippen LogP contribution in [0.1, 0.15) is 12.8 Å². The summed E-state index contributed by atoms with van der Waals surface area (Å²) < 4.78 is 26.2. The lowest BCUT2D eigenvalue weighted by Gasteiger charge is -2.33. The Bertz CT molecular complexity index is 992. The molecule has 1 aromatic heterocycles. The van der Waals surface area contributed by atoms with Gasteiger partial charge in [-0.3, -0.25) is 4.79 Å². The van der Waals surface area contributed by atoms with Crippen molar-refractivity contribution in [2.75, 3.05) is 23.3 Å². The lowest BCUT2D eigenvalue weighted by Crippen LogP contribution is -2.41. The van der Waals surface area contributed by atoms with Gasteiger partial charge < -0.3 is 10.2 Å². The minimum absolute atomic E-state index is 0.0888. The minimum atomic E-state index is -0.340. The SMILES string of the molecule is O=C(Nc1ccc(F)cc1)[C@@H]1CCCN(c2ccnc(-c3ccc(F)cc3)n2)C1. The van der Waals surface area contributed by atoms with Gasteiger partial charge in [0.25, 0.3) is 0 Å². The average Bonchev–Trinajstić information content (AvgIpc) is 2.76. The second-order valence-electron chi connectivity index (χ2n) is 7.03. The number of nitrogens with zero attached hydrogens (tertiary/aromatic N) is 3. The molecule has 5 nitrogen and oxygen atoms in total. The molecule has 1 N–H and O–H groups in total. The monoisotopic (exact) mass is 394 g/mol. The zero-order valence-electron chi connectivity index (χ0n) is 15.7. The van der Waals surface area contributed by atoms with E-state index in [0.717, 1.165) is 30.8 Å². The van der Waals surface area contributed by atoms with Gasteiger partial charge in [0.2, 0.25) is 5.91 Å². The summed E-state index contributed by atoms with van der Waals surface area (Å²) in [6.45, 7) is 1.33. The molecule has 4 rings (SSSR count). The molecule has 2 heterocycles. The number of hydrogen-bond acceptors (Lipinski definition) is 4. The summed E-state index contributed by atoms with van der Waals surface area (Å²) in [5, 5.41) is 2.85. The molecule has 1 atom stereocenters. The predicted molar refractivity (Wildman–Crippen MR) is 107 cm³/mol. The van der Waals surface area contributed by atoms with E-state index < -0.39 is 0 Å². The lowest BCUT2D eigenvalue weighted by molar-refractivity contribution is -0.120. The Morgan fingerprint density at radius 3 is 2.41 bits per heavy atom. The summed E-state index contributed by atoms with van der Waals surface area (Å²) >= 11 is 0. The second-order valence-corrected chi connectivity index (χ2v) is 7.03. The van der Waals surface area contributed by atoms with Crippen molar-refractivity contribution in [2.24, 2.45) is 5.92 Å². The van der Waals surface area contributed by atoms with Crippen LogP contribution in [-0.4, -0.2) is 29.0 Å². The first-order chi connectivity index (χ1) is 14.1. The molecular formula is C22H20F2N4O. The highest BCUT2D eigenvalue weighted by atomic mass is 19.1. The van der Waals surface area contributed by atoms with Gasteiger partial charge in [0.15, 0.2) is 5.82 Å². The Morgan fingerprint density at radius 2 is 1.69 bits per heavy atom. The van der Waals surface area contributed by atoms with Crippen LogP contribution >= 0.6 is 0 Å². The van der Waals surface area contributed by atoms with E-state index in [9.17, 15) is 13.6 Å². The Hall–Kier alpha value is -3.35. The van der Waals surface area contributed by atoms with Crippen molar-refractivity contribution < 1.29 is 13.6 Å². The maximum absolute atomic E-state index is 13.2. The van der Waals surface area contributed by atoms with Crippen molar-refractivity contribution in [3.05, 3.63) is 72.4 Å². The summed E-state index contributed by atoms with van der Waals surface area (Å²) in [4.78, 5) is 23.6. The number of benzene rings is 2. The van der Waals surface area contributed by atoms with E-state index in [0.29, 0.717) is 18.1 Å². The molecule has 1 aliphatic rings. The summed E-state index contributed by atoms with van der Waals surface area (Å²) in [5.74, 6) is 0.315. The molecule has 29 heavy (non-hydrogen) atoms. The molecule has 0 aliphatic carbocycles. The second kappa shape index (κ2) is 8.34. The van der Waals surface area contributed by atoms with E-state index in [1.807, 2.05) is 6.07 Å². The van der Waals surface area contributed by atoms with E-state index in [2.05, 4.69) is 20.2 Å². The first-order valence-electron chi connectivity index (χ1n) is 9.49. The zero-order chi connectivity index (χ0) is 20.2. The van der Waals surface area contributed by atoms with E-state index >= 15 is 0 Å². The van der Waals surface area contributed by atoms with Crippen molar-refractivity contribution in [3.8, 4) is 11.4 Å². The smallest absolute Gasteiger partial charge is 0.229 e. The molecule has 7 heteroatoms. The van der Waals surface area contributed by atoms with Crippen LogP contribution in [0.3, 0.4) is 0 Å². The number of nitrogens with one attached hydrogen (secondary N) is 1. The number of carbonyl (C=O) groups excluding carboxylic acids is 1. The standard InChI is InChI=1S/C22H20F2N4O/c23-17-5-3-15(4-6-17)21-25-12-11-20(27-21)28-13-1-2-16(14-28)22(29)26-19-9-7-18(24)8-10-19/h3-12,16H,1-2,13-14H2,(H,26,29)/t16-/m1/s1. The van der Waals surface area contributed by atoms with E-state index in [1.165, 1.54) is 24.3 Å². The molecule has 0 spiro atoms. The third-order valence-corrected chi connectivity index (χ3v) is 4.97. The Morgan fingerprint density at radius 1 is 1.00 bits per heavy atom. The van der Waals surface area contributed by atoms with Gasteiger partial charge in [0.1, 0.15) is 17.5 Å². The Balaban J connectivity index is 1.46. The van der Waals surface area contributed by atoms with E-state index in [-0.39, 0.29) is 23.5 Å². The normalized spacial score (nSPS) is 16.5. The molecule has 1 amide bonds. The third-order valence-electron chi connectivity index (χ3n) is 4.97. The first kappa shape index (κ1) is 19.0. The summed E-state index contributed by atoms with van der Waals surface area (Å²) in [5.41, 5.74) is 1.31. The van der Waals surface area contributed by atoms with Crippen LogP contribution in [0.5, 0.6) is 0 Å². The summed E-state index contributed by atoms with van der Waals surface area (Å²) in [6.07, 6.45) is 3.31. The zero-order valence-corrected chi connectivity index (χ0v) is 15.7. The van der Waals surface area contributed by atoms with Crippen LogP contribution in [-0.2, 0) is 4.79 Å². The fourth-order valence-electron chi connectivity index (χ4n) is 3.44. The van der Waals surface area contributed by atoms with E-state index in [1.54, 1.807) is 30.5 Å². The molecule has 1 aliphatic heterocycles. The summed E-state index contributed by atoms with van der Waals surface area (Å²) in [6, 6.07) is 13.6. The summed E-state index contributed by atoms with van der Waals surface area (Å²) in [7, 11) is 0.